The van der Waals surface area contributed by atoms with Gasteiger partial charge in [-0.1, -0.05) is 0 Å². The van der Waals surface area contributed by atoms with Gasteiger partial charge in [-0.05, 0) is 0 Å². The lowest BCUT2D eigenvalue weighted by molar-refractivity contribution is -0.121. The van der Waals surface area contributed by atoms with Crippen molar-refractivity contribution in [2.75, 3.05) is 0 Å². The van der Waals surface area contributed by atoms with Gasteiger partial charge in [-0.3, -0.25) is 10.2 Å². The molecule has 0 atom stereocenters. The summed E-state index contributed by atoms with van der Waals surface area (Å²) in [5.74, 6) is 0.478. The average Bonchev–Trinajstić information content (AvgIpc) is 1.98. The molecule has 1 heterocycles. The minimum Gasteiger partial charge on any atom is -0.287 e. The van der Waals surface area contributed by atoms with Crippen LogP contribution in [0.3, 0.4) is 0 Å². The van der Waals surface area contributed by atoms with Gasteiger partial charge in [0.05, 0.1) is 22.9 Å². The standard InChI is InChI=1S/C4H5IN2O/c5-7-3(6)1-2-4(7)8/h6H,1-2H2. The van der Waals surface area contributed by atoms with E-state index < -0.39 is 0 Å². The second-order valence-corrected chi connectivity index (χ2v) is 2.59. The third-order valence-corrected chi connectivity index (χ3v) is 2.15. The molecule has 0 saturated carbocycles. The Kier molecular flexibility index (Phi) is 1.50. The topological polar surface area (TPSA) is 44.2 Å². The van der Waals surface area contributed by atoms with E-state index in [0.29, 0.717) is 18.7 Å². The predicted molar refractivity (Wildman–Crippen MR) is 37.8 cm³/mol. The highest BCUT2D eigenvalue weighted by Crippen LogP contribution is 2.15. The van der Waals surface area contributed by atoms with Crippen LogP contribution in [0.15, 0.2) is 0 Å². The molecule has 3 nitrogen and oxygen atoms in total. The van der Waals surface area contributed by atoms with Crippen LogP contribution in [0.1, 0.15) is 12.8 Å². The number of nitrogens with zero attached hydrogens (tertiary/aromatic N) is 1. The lowest BCUT2D eigenvalue weighted by Gasteiger charge is -2.01. The number of amides is 1. The van der Waals surface area contributed by atoms with Gasteiger partial charge in [-0.25, -0.2) is 3.11 Å². The maximum Gasteiger partial charge on any atom is 0.237 e. The summed E-state index contributed by atoms with van der Waals surface area (Å²) in [6.07, 6.45) is 1.13. The largest absolute Gasteiger partial charge is 0.287 e. The van der Waals surface area contributed by atoms with Crippen LogP contribution in [-0.2, 0) is 4.79 Å². The fourth-order valence-corrected chi connectivity index (χ4v) is 1.05. The number of hydrogen-bond donors (Lipinski definition) is 1. The van der Waals surface area contributed by atoms with E-state index in [4.69, 9.17) is 5.41 Å². The van der Waals surface area contributed by atoms with Crippen molar-refractivity contribution in [3.05, 3.63) is 0 Å². The highest BCUT2D eigenvalue weighted by molar-refractivity contribution is 14.1. The molecule has 1 aliphatic rings. The first-order valence-corrected chi connectivity index (χ1v) is 3.24. The molecule has 0 aromatic carbocycles. The summed E-state index contributed by atoms with van der Waals surface area (Å²) in [5, 5.41) is 7.08. The van der Waals surface area contributed by atoms with Crippen LogP contribution in [0.4, 0.5) is 0 Å². The number of carbonyl (C=O) groups is 1. The number of hydrogen-bond acceptors (Lipinski definition) is 2. The van der Waals surface area contributed by atoms with Crippen molar-refractivity contribution < 1.29 is 4.79 Å². The molecule has 1 aliphatic heterocycles. The third-order valence-electron chi connectivity index (χ3n) is 1.03. The lowest BCUT2D eigenvalue weighted by Crippen LogP contribution is -2.15. The average molecular weight is 224 g/mol. The van der Waals surface area contributed by atoms with Gasteiger partial charge >= 0.3 is 0 Å². The van der Waals surface area contributed by atoms with Crippen molar-refractivity contribution in [1.82, 2.24) is 3.11 Å². The smallest absolute Gasteiger partial charge is 0.237 e. The molecular formula is C4H5IN2O. The van der Waals surface area contributed by atoms with E-state index in [2.05, 4.69) is 0 Å². The fourth-order valence-electron chi connectivity index (χ4n) is 0.572. The lowest BCUT2D eigenvalue weighted by atomic mass is 10.4. The molecule has 0 aliphatic carbocycles. The first-order valence-electron chi connectivity index (χ1n) is 2.28. The van der Waals surface area contributed by atoms with E-state index in [0.717, 1.165) is 0 Å². The molecule has 0 unspecified atom stereocenters. The van der Waals surface area contributed by atoms with Crippen molar-refractivity contribution in [3.63, 3.8) is 0 Å². The number of amidine groups is 1. The first kappa shape index (κ1) is 6.00. The molecule has 0 aromatic rings. The Morgan fingerprint density at radius 1 is 1.62 bits per heavy atom. The Morgan fingerprint density at radius 3 is 2.38 bits per heavy atom. The van der Waals surface area contributed by atoms with E-state index in [1.807, 2.05) is 22.9 Å². The van der Waals surface area contributed by atoms with Crippen molar-refractivity contribution in [2.24, 2.45) is 0 Å². The Morgan fingerprint density at radius 2 is 2.25 bits per heavy atom. The molecular weight excluding hydrogens is 219 g/mol. The van der Waals surface area contributed by atoms with E-state index in [-0.39, 0.29) is 5.91 Å². The van der Waals surface area contributed by atoms with Crippen molar-refractivity contribution in [3.8, 4) is 0 Å². The molecule has 0 bridgehead atoms. The first-order chi connectivity index (χ1) is 3.72. The quantitative estimate of drug-likeness (QED) is 0.482. The zero-order valence-corrected chi connectivity index (χ0v) is 6.31. The number of nitrogens with one attached hydrogen (secondary N) is 1. The molecule has 0 radical (unpaired) electrons. The van der Waals surface area contributed by atoms with Crippen LogP contribution in [0.2, 0.25) is 0 Å². The Labute approximate surface area is 61.1 Å². The highest BCUT2D eigenvalue weighted by Gasteiger charge is 2.22. The molecule has 44 valence electrons. The summed E-state index contributed by atoms with van der Waals surface area (Å²) in [4.78, 5) is 10.6. The SMILES string of the molecule is N=C1CCC(=O)N1I. The van der Waals surface area contributed by atoms with Crippen LogP contribution in [-0.4, -0.2) is 14.9 Å². The third kappa shape index (κ3) is 0.841. The molecule has 0 aromatic heterocycles. The van der Waals surface area contributed by atoms with Gasteiger partial charge in [-0.2, -0.15) is 0 Å². The number of halogens is 1. The van der Waals surface area contributed by atoms with E-state index >= 15 is 0 Å². The van der Waals surface area contributed by atoms with Crippen molar-refractivity contribution in [1.29, 1.82) is 5.41 Å². The van der Waals surface area contributed by atoms with E-state index in [1.165, 1.54) is 3.11 Å². The van der Waals surface area contributed by atoms with Crippen LogP contribution in [0.25, 0.3) is 0 Å². The monoisotopic (exact) mass is 224 g/mol. The van der Waals surface area contributed by atoms with Crippen LogP contribution in [0.5, 0.6) is 0 Å². The molecule has 1 rings (SSSR count). The molecule has 1 fully saturated rings. The zero-order chi connectivity index (χ0) is 6.15. The summed E-state index contributed by atoms with van der Waals surface area (Å²) in [5.41, 5.74) is 0. The maximum absolute atomic E-state index is 10.6. The van der Waals surface area contributed by atoms with Gasteiger partial charge in [-0.15, -0.1) is 0 Å². The summed E-state index contributed by atoms with van der Waals surface area (Å²) in [6, 6.07) is 0. The van der Waals surface area contributed by atoms with Crippen molar-refractivity contribution in [2.45, 2.75) is 12.8 Å². The summed E-state index contributed by atoms with van der Waals surface area (Å²) in [7, 11) is 0. The molecule has 0 spiro atoms. The zero-order valence-electron chi connectivity index (χ0n) is 4.15. The van der Waals surface area contributed by atoms with Gasteiger partial charge in [0.2, 0.25) is 5.91 Å². The normalized spacial score (nSPS) is 20.4. The molecule has 1 N–H and O–H groups in total. The van der Waals surface area contributed by atoms with Gasteiger partial charge in [0, 0.05) is 12.8 Å². The Balaban J connectivity index is 2.70. The second-order valence-electron chi connectivity index (χ2n) is 1.62. The van der Waals surface area contributed by atoms with Gasteiger partial charge in [0.15, 0.2) is 0 Å². The van der Waals surface area contributed by atoms with E-state index in [9.17, 15) is 4.79 Å². The minimum absolute atomic E-state index is 0.0515. The van der Waals surface area contributed by atoms with Gasteiger partial charge in [0.1, 0.15) is 5.84 Å². The summed E-state index contributed by atoms with van der Waals surface area (Å²) >= 11 is 1.84. The number of rotatable bonds is 0. The molecule has 1 amide bonds. The number of carbonyl (C=O) groups excluding carboxylic acids is 1. The molecule has 1 saturated heterocycles. The van der Waals surface area contributed by atoms with Gasteiger partial charge < -0.3 is 0 Å². The van der Waals surface area contributed by atoms with Gasteiger partial charge in [0.25, 0.3) is 0 Å². The fraction of sp³-hybridized carbons (Fsp3) is 0.500. The summed E-state index contributed by atoms with van der Waals surface area (Å²) < 4.78 is 1.36. The highest BCUT2D eigenvalue weighted by atomic mass is 127. The Bertz CT molecular complexity index is 129. The minimum atomic E-state index is 0.0515. The second kappa shape index (κ2) is 2.00. The maximum atomic E-state index is 10.6. The summed E-state index contributed by atoms with van der Waals surface area (Å²) in [6.45, 7) is 0. The predicted octanol–water partition coefficient (Wildman–Crippen LogP) is 0.936. The van der Waals surface area contributed by atoms with Crippen molar-refractivity contribution >= 4 is 34.6 Å². The Hall–Kier alpha value is -0.130. The van der Waals surface area contributed by atoms with E-state index in [1.54, 1.807) is 0 Å². The van der Waals surface area contributed by atoms with Crippen LogP contribution >= 0.6 is 22.9 Å². The van der Waals surface area contributed by atoms with Crippen LogP contribution < -0.4 is 0 Å². The molecule has 8 heavy (non-hydrogen) atoms. The molecule has 4 heteroatoms. The van der Waals surface area contributed by atoms with Crippen LogP contribution in [0, 0.1) is 5.41 Å².